The molecular formula is C14H29N3O3S. The quantitative estimate of drug-likeness (QED) is 0.467. The number of hydrogen-bond donors (Lipinski definition) is 3. The van der Waals surface area contributed by atoms with Crippen molar-refractivity contribution < 1.29 is 13.2 Å². The van der Waals surface area contributed by atoms with Crippen LogP contribution in [0.4, 0.5) is 0 Å². The van der Waals surface area contributed by atoms with E-state index in [-0.39, 0.29) is 24.3 Å². The number of hydrogen-bond acceptors (Lipinski definition) is 4. The van der Waals surface area contributed by atoms with Gasteiger partial charge in [0.15, 0.2) is 0 Å². The SMILES string of the molecule is CCC1CCC(NS(=O)(=O)CCOC(C)C)(C(=N)N)CC1. The molecule has 1 aliphatic carbocycles. The van der Waals surface area contributed by atoms with Crippen LogP contribution in [0.3, 0.4) is 0 Å². The molecule has 4 N–H and O–H groups in total. The standard InChI is InChI=1S/C14H29N3O3S/c1-4-12-5-7-14(8-6-12,13(15)16)17-21(18,19)10-9-20-11(2)3/h11-12,17H,4-10H2,1-3H3,(H3,15,16). The molecule has 0 amide bonds. The summed E-state index contributed by atoms with van der Waals surface area (Å²) < 4.78 is 32.4. The highest BCUT2D eigenvalue weighted by Crippen LogP contribution is 2.34. The van der Waals surface area contributed by atoms with E-state index in [0.717, 1.165) is 19.3 Å². The summed E-state index contributed by atoms with van der Waals surface area (Å²) in [5.41, 5.74) is 4.80. The van der Waals surface area contributed by atoms with Gasteiger partial charge in [-0.2, -0.15) is 0 Å². The summed E-state index contributed by atoms with van der Waals surface area (Å²) in [5.74, 6) is 0.425. The molecule has 0 heterocycles. The predicted octanol–water partition coefficient (Wildman–Crippen LogP) is 1.61. The first kappa shape index (κ1) is 18.4. The monoisotopic (exact) mass is 319 g/mol. The topological polar surface area (TPSA) is 105 Å². The van der Waals surface area contributed by atoms with E-state index in [1.54, 1.807) is 0 Å². The Morgan fingerprint density at radius 3 is 2.43 bits per heavy atom. The summed E-state index contributed by atoms with van der Waals surface area (Å²) in [4.78, 5) is 0. The van der Waals surface area contributed by atoms with Gasteiger partial charge in [-0.15, -0.1) is 0 Å². The molecule has 1 fully saturated rings. The molecule has 0 bridgehead atoms. The normalized spacial score (nSPS) is 27.0. The summed E-state index contributed by atoms with van der Waals surface area (Å²) in [6.07, 6.45) is 4.10. The maximum Gasteiger partial charge on any atom is 0.214 e. The van der Waals surface area contributed by atoms with Gasteiger partial charge in [0.25, 0.3) is 0 Å². The molecule has 0 radical (unpaired) electrons. The number of rotatable bonds is 8. The van der Waals surface area contributed by atoms with Crippen molar-refractivity contribution in [3.8, 4) is 0 Å². The third-order valence-corrected chi connectivity index (χ3v) is 5.61. The van der Waals surface area contributed by atoms with E-state index in [1.807, 2.05) is 13.8 Å². The van der Waals surface area contributed by atoms with E-state index in [2.05, 4.69) is 11.6 Å². The summed E-state index contributed by atoms with van der Waals surface area (Å²) in [6.45, 7) is 6.02. The Hall–Kier alpha value is -0.660. The van der Waals surface area contributed by atoms with Gasteiger partial charge in [0.05, 0.1) is 24.0 Å². The molecule has 0 spiro atoms. The van der Waals surface area contributed by atoms with Crippen molar-refractivity contribution >= 4 is 15.9 Å². The molecule has 1 aliphatic rings. The van der Waals surface area contributed by atoms with Crippen molar-refractivity contribution in [1.82, 2.24) is 4.72 Å². The van der Waals surface area contributed by atoms with Crippen LogP contribution in [0.1, 0.15) is 52.9 Å². The highest BCUT2D eigenvalue weighted by molar-refractivity contribution is 7.89. The second kappa shape index (κ2) is 7.56. The van der Waals surface area contributed by atoms with E-state index < -0.39 is 15.6 Å². The van der Waals surface area contributed by atoms with Gasteiger partial charge in [-0.05, 0) is 45.4 Å². The van der Waals surface area contributed by atoms with E-state index in [9.17, 15) is 8.42 Å². The molecule has 7 heteroatoms. The molecule has 0 aromatic heterocycles. The summed E-state index contributed by atoms with van der Waals surface area (Å²) in [5, 5.41) is 7.80. The Labute approximate surface area is 128 Å². The molecule has 0 saturated heterocycles. The van der Waals surface area contributed by atoms with Crippen molar-refractivity contribution in [1.29, 1.82) is 5.41 Å². The van der Waals surface area contributed by atoms with E-state index in [4.69, 9.17) is 15.9 Å². The molecule has 0 aromatic carbocycles. The second-order valence-corrected chi connectivity index (χ2v) is 8.03. The van der Waals surface area contributed by atoms with E-state index in [0.29, 0.717) is 18.8 Å². The molecule has 124 valence electrons. The van der Waals surface area contributed by atoms with Crippen LogP contribution >= 0.6 is 0 Å². The minimum absolute atomic E-state index is 0.00182. The number of nitrogens with two attached hydrogens (primary N) is 1. The van der Waals surface area contributed by atoms with Crippen molar-refractivity contribution in [3.05, 3.63) is 0 Å². The molecule has 0 atom stereocenters. The van der Waals surface area contributed by atoms with Gasteiger partial charge in [-0.3, -0.25) is 5.41 Å². The van der Waals surface area contributed by atoms with Gasteiger partial charge >= 0.3 is 0 Å². The fourth-order valence-corrected chi connectivity index (χ4v) is 4.07. The van der Waals surface area contributed by atoms with Crippen LogP contribution < -0.4 is 10.5 Å². The zero-order valence-corrected chi connectivity index (χ0v) is 14.1. The molecule has 6 nitrogen and oxygen atoms in total. The lowest BCUT2D eigenvalue weighted by Crippen LogP contribution is -2.59. The summed E-state index contributed by atoms with van der Waals surface area (Å²) >= 11 is 0. The maximum atomic E-state index is 12.2. The second-order valence-electron chi connectivity index (χ2n) is 6.19. The molecule has 0 aliphatic heterocycles. The molecular weight excluding hydrogens is 290 g/mol. The third kappa shape index (κ3) is 5.56. The lowest BCUT2D eigenvalue weighted by Gasteiger charge is -2.39. The predicted molar refractivity (Wildman–Crippen MR) is 84.9 cm³/mol. The Balaban J connectivity index is 2.68. The van der Waals surface area contributed by atoms with Gasteiger partial charge in [0, 0.05) is 0 Å². The first-order chi connectivity index (χ1) is 9.71. The first-order valence-corrected chi connectivity index (χ1v) is 9.34. The number of nitrogens with one attached hydrogen (secondary N) is 2. The third-order valence-electron chi connectivity index (χ3n) is 4.21. The van der Waals surface area contributed by atoms with E-state index >= 15 is 0 Å². The van der Waals surface area contributed by atoms with Gasteiger partial charge in [0.1, 0.15) is 5.84 Å². The Morgan fingerprint density at radius 2 is 2.00 bits per heavy atom. The van der Waals surface area contributed by atoms with Crippen LogP contribution in [0.5, 0.6) is 0 Å². The Bertz CT molecular complexity index is 440. The van der Waals surface area contributed by atoms with Crippen LogP contribution in [0, 0.1) is 11.3 Å². The molecule has 1 rings (SSSR count). The maximum absolute atomic E-state index is 12.2. The lowest BCUT2D eigenvalue weighted by atomic mass is 9.75. The lowest BCUT2D eigenvalue weighted by molar-refractivity contribution is 0.0910. The number of amidine groups is 1. The minimum Gasteiger partial charge on any atom is -0.386 e. The fourth-order valence-electron chi connectivity index (χ4n) is 2.75. The van der Waals surface area contributed by atoms with Crippen molar-refractivity contribution in [2.75, 3.05) is 12.4 Å². The molecule has 21 heavy (non-hydrogen) atoms. The van der Waals surface area contributed by atoms with Gasteiger partial charge in [-0.25, -0.2) is 13.1 Å². The van der Waals surface area contributed by atoms with Gasteiger partial charge in [0.2, 0.25) is 10.0 Å². The van der Waals surface area contributed by atoms with Crippen molar-refractivity contribution in [2.24, 2.45) is 11.7 Å². The van der Waals surface area contributed by atoms with Crippen LogP contribution in [0.15, 0.2) is 0 Å². The zero-order valence-electron chi connectivity index (χ0n) is 13.3. The van der Waals surface area contributed by atoms with Crippen molar-refractivity contribution in [2.45, 2.75) is 64.5 Å². The summed E-state index contributed by atoms with van der Waals surface area (Å²) in [6, 6.07) is 0. The molecule has 1 saturated carbocycles. The number of sulfonamides is 1. The average Bonchev–Trinajstić information content (AvgIpc) is 2.38. The van der Waals surface area contributed by atoms with Gasteiger partial charge < -0.3 is 10.5 Å². The molecule has 0 unspecified atom stereocenters. The van der Waals surface area contributed by atoms with Crippen molar-refractivity contribution in [3.63, 3.8) is 0 Å². The van der Waals surface area contributed by atoms with E-state index in [1.165, 1.54) is 0 Å². The van der Waals surface area contributed by atoms with Crippen LogP contribution in [-0.4, -0.2) is 38.3 Å². The van der Waals surface area contributed by atoms with Crippen LogP contribution in [-0.2, 0) is 14.8 Å². The van der Waals surface area contributed by atoms with Crippen LogP contribution in [0.25, 0.3) is 0 Å². The number of ether oxygens (including phenoxy) is 1. The Morgan fingerprint density at radius 1 is 1.43 bits per heavy atom. The molecule has 0 aromatic rings. The smallest absolute Gasteiger partial charge is 0.214 e. The highest BCUT2D eigenvalue weighted by Gasteiger charge is 2.40. The highest BCUT2D eigenvalue weighted by atomic mass is 32.2. The fraction of sp³-hybridized carbons (Fsp3) is 0.929. The Kier molecular flexibility index (Phi) is 6.62. The average molecular weight is 319 g/mol. The minimum atomic E-state index is -3.50. The van der Waals surface area contributed by atoms with Gasteiger partial charge in [-0.1, -0.05) is 13.3 Å². The summed E-state index contributed by atoms with van der Waals surface area (Å²) in [7, 11) is -3.50. The van der Waals surface area contributed by atoms with Crippen LogP contribution in [0.2, 0.25) is 0 Å². The largest absolute Gasteiger partial charge is 0.386 e. The zero-order chi connectivity index (χ0) is 16.1. The first-order valence-electron chi connectivity index (χ1n) is 7.68.